The van der Waals surface area contributed by atoms with Gasteiger partial charge in [-0.05, 0) is 31.5 Å². The number of aromatic amines is 1. The van der Waals surface area contributed by atoms with E-state index in [9.17, 15) is 14.4 Å². The Morgan fingerprint density at radius 3 is 2.62 bits per heavy atom. The molecule has 3 heterocycles. The standard InChI is InChI=1S/C17H16BrClN4O3/c1-7(2)23-14-12(15(25)21-23)17(6-11(24)20-14)9-4-8(18)5-10(19)13(9)22(3)16(17)26/h4-5,7H,6H2,1-3H3,(H,20,24)(H,21,25)/t17-/m1/s1. The second-order valence-corrected chi connectivity index (χ2v) is 8.23. The number of carbonyl (C=O) groups is 2. The fourth-order valence-electron chi connectivity index (χ4n) is 4.01. The molecular formula is C17H16BrClN4O3. The summed E-state index contributed by atoms with van der Waals surface area (Å²) in [5.74, 6) is -0.320. The van der Waals surface area contributed by atoms with E-state index < -0.39 is 5.41 Å². The number of carbonyl (C=O) groups excluding carboxylic acids is 2. The van der Waals surface area contributed by atoms with E-state index in [0.29, 0.717) is 26.6 Å². The van der Waals surface area contributed by atoms with E-state index in [4.69, 9.17) is 11.6 Å². The number of nitrogens with zero attached hydrogens (tertiary/aromatic N) is 2. The molecule has 0 radical (unpaired) electrons. The molecule has 0 fully saturated rings. The number of likely N-dealkylation sites (N-methyl/N-ethyl adjacent to an activating group) is 1. The zero-order valence-electron chi connectivity index (χ0n) is 14.3. The normalized spacial score (nSPS) is 21.4. The third-order valence-electron chi connectivity index (χ3n) is 5.05. The fraction of sp³-hybridized carbons (Fsp3) is 0.353. The first-order valence-corrected chi connectivity index (χ1v) is 9.28. The molecule has 0 saturated heterocycles. The van der Waals surface area contributed by atoms with Crippen molar-refractivity contribution in [2.45, 2.75) is 31.7 Å². The van der Waals surface area contributed by atoms with Crippen LogP contribution < -0.4 is 15.8 Å². The van der Waals surface area contributed by atoms with Crippen LogP contribution in [0.25, 0.3) is 0 Å². The molecule has 2 aliphatic rings. The average molecular weight is 440 g/mol. The molecule has 0 unspecified atom stereocenters. The summed E-state index contributed by atoms with van der Waals surface area (Å²) in [7, 11) is 1.61. The molecule has 0 saturated carbocycles. The minimum atomic E-state index is -1.39. The van der Waals surface area contributed by atoms with Gasteiger partial charge in [0.2, 0.25) is 11.8 Å². The van der Waals surface area contributed by atoms with Crippen LogP contribution in [0.3, 0.4) is 0 Å². The molecule has 9 heteroatoms. The van der Waals surface area contributed by atoms with Gasteiger partial charge < -0.3 is 10.2 Å². The lowest BCUT2D eigenvalue weighted by atomic mass is 9.71. The Morgan fingerprint density at radius 1 is 1.27 bits per heavy atom. The summed E-state index contributed by atoms with van der Waals surface area (Å²) in [5, 5.41) is 5.89. The lowest BCUT2D eigenvalue weighted by Crippen LogP contribution is -2.47. The molecular weight excluding hydrogens is 424 g/mol. The first kappa shape index (κ1) is 17.4. The molecule has 1 atom stereocenters. The molecule has 26 heavy (non-hydrogen) atoms. The van der Waals surface area contributed by atoms with Crippen molar-refractivity contribution >= 4 is 50.9 Å². The highest BCUT2D eigenvalue weighted by atomic mass is 79.9. The van der Waals surface area contributed by atoms with Gasteiger partial charge in [0.15, 0.2) is 0 Å². The summed E-state index contributed by atoms with van der Waals surface area (Å²) in [4.78, 5) is 40.2. The van der Waals surface area contributed by atoms with Crippen molar-refractivity contribution in [2.24, 2.45) is 0 Å². The second-order valence-electron chi connectivity index (χ2n) is 6.91. The Hall–Kier alpha value is -2.06. The van der Waals surface area contributed by atoms with Crippen molar-refractivity contribution in [2.75, 3.05) is 17.3 Å². The molecule has 2 amide bonds. The van der Waals surface area contributed by atoms with E-state index in [0.717, 1.165) is 0 Å². The molecule has 7 nitrogen and oxygen atoms in total. The van der Waals surface area contributed by atoms with Crippen molar-refractivity contribution in [1.82, 2.24) is 9.78 Å². The largest absolute Gasteiger partial charge is 0.313 e. The summed E-state index contributed by atoms with van der Waals surface area (Å²) < 4.78 is 2.26. The van der Waals surface area contributed by atoms with Gasteiger partial charge in [-0.2, -0.15) is 0 Å². The van der Waals surface area contributed by atoms with Crippen LogP contribution in [-0.4, -0.2) is 28.6 Å². The molecule has 1 aromatic heterocycles. The van der Waals surface area contributed by atoms with E-state index in [-0.39, 0.29) is 35.4 Å². The number of rotatable bonds is 1. The lowest BCUT2D eigenvalue weighted by Gasteiger charge is -2.32. The number of H-pyrrole nitrogens is 1. The Balaban J connectivity index is 2.14. The van der Waals surface area contributed by atoms with Gasteiger partial charge in [-0.25, -0.2) is 0 Å². The number of fused-ring (bicyclic) bond motifs is 4. The topological polar surface area (TPSA) is 87.2 Å². The molecule has 2 N–H and O–H groups in total. The maximum Gasteiger partial charge on any atom is 0.270 e. The number of nitrogens with one attached hydrogen (secondary N) is 2. The van der Waals surface area contributed by atoms with Crippen LogP contribution in [0.2, 0.25) is 5.02 Å². The fourth-order valence-corrected chi connectivity index (χ4v) is 4.94. The smallest absolute Gasteiger partial charge is 0.270 e. The summed E-state index contributed by atoms with van der Waals surface area (Å²) in [6.45, 7) is 3.77. The SMILES string of the molecule is CC(C)n1[nH]c(=O)c2c1NC(=O)C[C@]21C(=O)N(C)c2c(Cl)cc(Br)cc21. The highest BCUT2D eigenvalue weighted by Gasteiger charge is 2.58. The van der Waals surface area contributed by atoms with E-state index in [2.05, 4.69) is 26.3 Å². The van der Waals surface area contributed by atoms with Gasteiger partial charge in [-0.3, -0.25) is 24.2 Å². The summed E-state index contributed by atoms with van der Waals surface area (Å²) in [6.07, 6.45) is -0.145. The van der Waals surface area contributed by atoms with Gasteiger partial charge in [0.05, 0.1) is 22.7 Å². The lowest BCUT2D eigenvalue weighted by molar-refractivity contribution is -0.126. The van der Waals surface area contributed by atoms with Crippen LogP contribution in [0.4, 0.5) is 11.5 Å². The second kappa shape index (κ2) is 5.47. The highest BCUT2D eigenvalue weighted by molar-refractivity contribution is 9.10. The first-order chi connectivity index (χ1) is 12.2. The van der Waals surface area contributed by atoms with Crippen LogP contribution >= 0.6 is 27.5 Å². The zero-order chi connectivity index (χ0) is 19.0. The molecule has 136 valence electrons. The monoisotopic (exact) mass is 438 g/mol. The van der Waals surface area contributed by atoms with Crippen LogP contribution in [-0.2, 0) is 15.0 Å². The summed E-state index contributed by atoms with van der Waals surface area (Å²) in [6, 6.07) is 3.36. The number of anilines is 2. The zero-order valence-corrected chi connectivity index (χ0v) is 16.7. The van der Waals surface area contributed by atoms with Gasteiger partial charge in [-0.1, -0.05) is 27.5 Å². The minimum Gasteiger partial charge on any atom is -0.313 e. The number of halogens is 2. The molecule has 0 aliphatic carbocycles. The van der Waals surface area contributed by atoms with Crippen LogP contribution in [0.1, 0.15) is 37.4 Å². The van der Waals surface area contributed by atoms with Crippen molar-refractivity contribution < 1.29 is 9.59 Å². The Kier molecular flexibility index (Phi) is 3.65. The maximum atomic E-state index is 13.4. The third kappa shape index (κ3) is 2.02. The van der Waals surface area contributed by atoms with Crippen molar-refractivity contribution in [3.8, 4) is 0 Å². The molecule has 4 rings (SSSR count). The Labute approximate surface area is 162 Å². The van der Waals surface area contributed by atoms with Gasteiger partial charge >= 0.3 is 0 Å². The maximum absolute atomic E-state index is 13.4. The average Bonchev–Trinajstić information content (AvgIpc) is 2.97. The number of aromatic nitrogens is 2. The summed E-state index contributed by atoms with van der Waals surface area (Å²) >= 11 is 9.78. The Morgan fingerprint density at radius 2 is 1.96 bits per heavy atom. The van der Waals surface area contributed by atoms with Crippen molar-refractivity contribution in [1.29, 1.82) is 0 Å². The van der Waals surface area contributed by atoms with Crippen LogP contribution in [0.15, 0.2) is 21.4 Å². The predicted molar refractivity (Wildman–Crippen MR) is 102 cm³/mol. The van der Waals surface area contributed by atoms with Gasteiger partial charge in [0.25, 0.3) is 5.56 Å². The molecule has 0 bridgehead atoms. The first-order valence-electron chi connectivity index (χ1n) is 8.11. The number of amides is 2. The predicted octanol–water partition coefficient (Wildman–Crippen LogP) is 2.78. The van der Waals surface area contributed by atoms with Crippen LogP contribution in [0.5, 0.6) is 0 Å². The number of hydrogen-bond donors (Lipinski definition) is 2. The van der Waals surface area contributed by atoms with E-state index >= 15 is 0 Å². The van der Waals surface area contributed by atoms with Gasteiger partial charge in [0.1, 0.15) is 11.2 Å². The molecule has 1 aromatic carbocycles. The van der Waals surface area contributed by atoms with E-state index in [1.165, 1.54) is 4.90 Å². The van der Waals surface area contributed by atoms with Crippen molar-refractivity contribution in [3.05, 3.63) is 43.1 Å². The number of benzene rings is 1. The minimum absolute atomic E-state index is 0.0956. The third-order valence-corrected chi connectivity index (χ3v) is 5.79. The van der Waals surface area contributed by atoms with E-state index in [1.54, 1.807) is 23.9 Å². The van der Waals surface area contributed by atoms with Crippen molar-refractivity contribution in [3.63, 3.8) is 0 Å². The highest BCUT2D eigenvalue weighted by Crippen LogP contribution is 2.53. The van der Waals surface area contributed by atoms with Gasteiger partial charge in [-0.15, -0.1) is 0 Å². The quantitative estimate of drug-likeness (QED) is 0.716. The Bertz CT molecular complexity index is 1040. The molecule has 2 aliphatic heterocycles. The number of hydrogen-bond acceptors (Lipinski definition) is 3. The molecule has 1 spiro atoms. The van der Waals surface area contributed by atoms with Gasteiger partial charge in [0, 0.05) is 17.6 Å². The molecule has 2 aromatic rings. The summed E-state index contributed by atoms with van der Waals surface area (Å²) in [5.41, 5.74) is -0.428. The van der Waals surface area contributed by atoms with E-state index in [1.807, 2.05) is 13.8 Å². The van der Waals surface area contributed by atoms with Crippen LogP contribution in [0, 0.1) is 0 Å².